The molecule has 2 aliphatic heterocycles. The van der Waals surface area contributed by atoms with E-state index in [-0.39, 0.29) is 52.8 Å². The van der Waals surface area contributed by atoms with Crippen molar-refractivity contribution in [1.82, 2.24) is 0 Å². The lowest BCUT2D eigenvalue weighted by molar-refractivity contribution is -0.345. The van der Waals surface area contributed by atoms with Crippen LogP contribution in [-0.4, -0.2) is 127 Å². The summed E-state index contributed by atoms with van der Waals surface area (Å²) in [5, 5.41) is 87.0. The average molecular weight is 755 g/mol. The van der Waals surface area contributed by atoms with Crippen LogP contribution in [0.3, 0.4) is 0 Å². The third-order valence-corrected chi connectivity index (χ3v) is 16.3. The van der Waals surface area contributed by atoms with Crippen LogP contribution < -0.4 is 0 Å². The molecule has 0 bridgehead atoms. The van der Waals surface area contributed by atoms with Crippen LogP contribution in [0.4, 0.5) is 0 Å². The van der Waals surface area contributed by atoms with Gasteiger partial charge in [0, 0.05) is 0 Å². The first-order valence-corrected chi connectivity index (χ1v) is 20.3. The summed E-state index contributed by atoms with van der Waals surface area (Å²) in [5.41, 5.74) is -0.185. The molecule has 2 heterocycles. The minimum absolute atomic E-state index is 0.00324. The Bertz CT molecular complexity index is 1320. The van der Waals surface area contributed by atoms with Crippen LogP contribution in [0.2, 0.25) is 0 Å². The molecular weight excluding hydrogens is 684 g/mol. The highest BCUT2D eigenvalue weighted by molar-refractivity contribution is 5.20. The summed E-state index contributed by atoms with van der Waals surface area (Å²) in [5.74, 6) is 0.469. The minimum Gasteiger partial charge on any atom is -0.393 e. The molecule has 0 spiro atoms. The molecule has 53 heavy (non-hydrogen) atoms. The first-order chi connectivity index (χ1) is 24.6. The van der Waals surface area contributed by atoms with E-state index in [4.69, 9.17) is 18.9 Å². The molecule has 12 nitrogen and oxygen atoms in total. The maximum absolute atomic E-state index is 12.4. The van der Waals surface area contributed by atoms with E-state index in [1.165, 1.54) is 0 Å². The molecule has 0 aromatic rings. The van der Waals surface area contributed by atoms with Crippen molar-refractivity contribution in [3.8, 4) is 0 Å². The van der Waals surface area contributed by atoms with Gasteiger partial charge in [0.25, 0.3) is 0 Å². The third kappa shape index (κ3) is 6.90. The molecule has 6 fully saturated rings. The van der Waals surface area contributed by atoms with Crippen molar-refractivity contribution in [2.75, 3.05) is 13.2 Å². The van der Waals surface area contributed by atoms with Crippen LogP contribution in [-0.2, 0) is 18.9 Å². The maximum atomic E-state index is 12.4. The average Bonchev–Trinajstić information content (AvgIpc) is 3.47. The van der Waals surface area contributed by atoms with E-state index in [1.54, 1.807) is 0 Å². The predicted octanol–water partition coefficient (Wildman–Crippen LogP) is 2.79. The van der Waals surface area contributed by atoms with Crippen LogP contribution in [0.1, 0.15) is 113 Å². The lowest BCUT2D eigenvalue weighted by Gasteiger charge is -2.70. The van der Waals surface area contributed by atoms with Gasteiger partial charge in [0.1, 0.15) is 42.7 Å². The van der Waals surface area contributed by atoms with E-state index >= 15 is 0 Å². The number of hydrogen-bond donors (Lipinski definition) is 8. The summed E-state index contributed by atoms with van der Waals surface area (Å²) in [6.45, 7) is 17.2. The number of aliphatic hydroxyl groups excluding tert-OH is 8. The molecule has 4 aliphatic carbocycles. The Morgan fingerprint density at radius 1 is 0.755 bits per heavy atom. The van der Waals surface area contributed by atoms with Crippen LogP contribution in [0.25, 0.3) is 0 Å². The molecule has 6 aliphatic rings. The summed E-state index contributed by atoms with van der Waals surface area (Å²) < 4.78 is 24.1. The van der Waals surface area contributed by atoms with Crippen molar-refractivity contribution in [1.29, 1.82) is 0 Å². The molecule has 0 aromatic heterocycles. The van der Waals surface area contributed by atoms with Crippen LogP contribution >= 0.6 is 0 Å². The Balaban J connectivity index is 1.26. The van der Waals surface area contributed by atoms with Crippen LogP contribution in [0, 0.1) is 45.3 Å². The van der Waals surface area contributed by atoms with Crippen LogP contribution in [0.5, 0.6) is 0 Å². The van der Waals surface area contributed by atoms with Crippen molar-refractivity contribution in [3.05, 3.63) is 11.6 Å². The molecule has 6 rings (SSSR count). The second-order valence-corrected chi connectivity index (χ2v) is 19.7. The summed E-state index contributed by atoms with van der Waals surface area (Å²) in [6, 6.07) is 0. The molecular formula is C41H70O12. The highest BCUT2D eigenvalue weighted by Gasteiger charge is 2.71. The van der Waals surface area contributed by atoms with Gasteiger partial charge in [0.15, 0.2) is 12.6 Å². The van der Waals surface area contributed by atoms with E-state index in [2.05, 4.69) is 40.7 Å². The third-order valence-electron chi connectivity index (χ3n) is 16.3. The fourth-order valence-corrected chi connectivity index (χ4v) is 12.9. The monoisotopic (exact) mass is 754 g/mol. The van der Waals surface area contributed by atoms with E-state index in [0.29, 0.717) is 31.1 Å². The van der Waals surface area contributed by atoms with E-state index < -0.39 is 67.0 Å². The van der Waals surface area contributed by atoms with Crippen molar-refractivity contribution in [3.63, 3.8) is 0 Å². The van der Waals surface area contributed by atoms with Crippen molar-refractivity contribution >= 4 is 0 Å². The van der Waals surface area contributed by atoms with Gasteiger partial charge in [-0.1, -0.05) is 46.3 Å². The van der Waals surface area contributed by atoms with Crippen molar-refractivity contribution < 1.29 is 59.8 Å². The van der Waals surface area contributed by atoms with Crippen molar-refractivity contribution in [2.45, 2.75) is 186 Å². The summed E-state index contributed by atoms with van der Waals surface area (Å²) in [6.07, 6.45) is -4.18. The Morgan fingerprint density at radius 3 is 2.09 bits per heavy atom. The van der Waals surface area contributed by atoms with Gasteiger partial charge in [-0.2, -0.15) is 0 Å². The summed E-state index contributed by atoms with van der Waals surface area (Å²) in [7, 11) is 0. The Labute approximate surface area is 315 Å². The maximum Gasteiger partial charge on any atom is 0.187 e. The van der Waals surface area contributed by atoms with Gasteiger partial charge >= 0.3 is 0 Å². The van der Waals surface area contributed by atoms with Gasteiger partial charge in [-0.3, -0.25) is 0 Å². The fourth-order valence-electron chi connectivity index (χ4n) is 12.9. The molecule has 0 aromatic carbocycles. The number of hydrogen-bond acceptors (Lipinski definition) is 12. The first kappa shape index (κ1) is 41.9. The molecule has 0 amide bonds. The van der Waals surface area contributed by atoms with Gasteiger partial charge in [-0.05, 0) is 124 Å². The summed E-state index contributed by atoms with van der Waals surface area (Å²) in [4.78, 5) is 0. The van der Waals surface area contributed by atoms with E-state index in [1.807, 2.05) is 20.8 Å². The SMILES string of the molecule is CC(C)=CCC[C@](C)(O[C@@H]1O[C@H](CO[C@@H]2OC[C@@H](O)[C@H](O)[C@H]2O)[C@@H](O)[C@H](O)[C@H]1O)[C@H]1CC[C@]2(C)[C@@H]1[C@H](O)C[C@@H]1[C@@]3(C)CC[C@H](O)C(C)(C)[C@@H]3CC[C@]12C. The Kier molecular flexibility index (Phi) is 11.8. The normalized spacial score (nSPS) is 52.1. The second-order valence-electron chi connectivity index (χ2n) is 19.7. The van der Waals surface area contributed by atoms with Gasteiger partial charge in [-0.15, -0.1) is 0 Å². The minimum atomic E-state index is -1.63. The molecule has 4 saturated carbocycles. The van der Waals surface area contributed by atoms with Gasteiger partial charge in [-0.25, -0.2) is 0 Å². The topological polar surface area (TPSA) is 199 Å². The van der Waals surface area contributed by atoms with Gasteiger partial charge in [0.2, 0.25) is 0 Å². The zero-order valence-corrected chi connectivity index (χ0v) is 33.2. The van der Waals surface area contributed by atoms with Gasteiger partial charge in [0.05, 0.1) is 31.0 Å². The first-order valence-electron chi connectivity index (χ1n) is 20.3. The second kappa shape index (κ2) is 14.9. The van der Waals surface area contributed by atoms with Crippen molar-refractivity contribution in [2.24, 2.45) is 45.3 Å². The molecule has 8 N–H and O–H groups in total. The standard InChI is InChI=1S/C41H70O12/c1-21(2)10-9-14-41(8,53-36-34(49)32(47)31(46)25(52-36)20-51-35-33(48)30(45)24(43)19-50-35)22-11-16-40(7)29(22)23(42)18-27-38(5)15-13-28(44)37(3,4)26(38)12-17-39(27,40)6/h10,22-36,42-49H,9,11-20H2,1-8H3/t22-,23+,24+,25+,26-,27+,28-,29-,30-,31+,32-,33+,34+,35-,36-,38-,39+,40+,41-/m0/s1. The molecule has 2 saturated heterocycles. The smallest absolute Gasteiger partial charge is 0.187 e. The molecule has 306 valence electrons. The Morgan fingerprint density at radius 2 is 1.42 bits per heavy atom. The number of allylic oxidation sites excluding steroid dienone is 2. The zero-order valence-electron chi connectivity index (χ0n) is 33.2. The number of rotatable bonds is 9. The fraction of sp³-hybridized carbons (Fsp3) is 0.951. The van der Waals surface area contributed by atoms with E-state index in [9.17, 15) is 40.9 Å². The number of fused-ring (bicyclic) bond motifs is 5. The lowest BCUT2D eigenvalue weighted by atomic mass is 9.35. The largest absolute Gasteiger partial charge is 0.393 e. The summed E-state index contributed by atoms with van der Waals surface area (Å²) >= 11 is 0. The van der Waals surface area contributed by atoms with Crippen LogP contribution in [0.15, 0.2) is 11.6 Å². The zero-order chi connectivity index (χ0) is 39.1. The molecule has 0 radical (unpaired) electrons. The lowest BCUT2D eigenvalue weighted by Crippen LogP contribution is -2.67. The molecule has 19 atom stereocenters. The number of aliphatic hydroxyl groups is 8. The van der Waals surface area contributed by atoms with Gasteiger partial charge < -0.3 is 59.8 Å². The highest BCUT2D eigenvalue weighted by Crippen LogP contribution is 2.76. The quantitative estimate of drug-likeness (QED) is 0.161. The van der Waals surface area contributed by atoms with E-state index in [0.717, 1.165) is 44.1 Å². The highest BCUT2D eigenvalue weighted by atomic mass is 16.7. The molecule has 0 unspecified atom stereocenters. The Hall–Kier alpha value is -0.740. The predicted molar refractivity (Wildman–Crippen MR) is 195 cm³/mol. The molecule has 12 heteroatoms. The number of ether oxygens (including phenoxy) is 4.